The van der Waals surface area contributed by atoms with E-state index in [1.165, 1.54) is 28.3 Å². The maximum atomic E-state index is 12.6. The number of hydrogen-bond donors (Lipinski definition) is 0. The zero-order valence-corrected chi connectivity index (χ0v) is 21.9. The van der Waals surface area contributed by atoms with E-state index in [4.69, 9.17) is 9.47 Å². The first-order chi connectivity index (χ1) is 17.6. The number of ether oxygens (including phenoxy) is 2. The Hall–Kier alpha value is -3.85. The lowest BCUT2D eigenvalue weighted by Gasteiger charge is -2.31. The predicted octanol–water partition coefficient (Wildman–Crippen LogP) is 4.71. The number of carbonyl (C=O) groups is 1. The Bertz CT molecular complexity index is 1450. The number of allylic oxidation sites excluding steroid dienone is 1. The molecule has 8 nitrogen and oxygen atoms in total. The van der Waals surface area contributed by atoms with Gasteiger partial charge in [0.05, 0.1) is 4.90 Å². The third-order valence-electron chi connectivity index (χ3n) is 5.98. The maximum absolute atomic E-state index is 12.6. The Morgan fingerprint density at radius 1 is 0.946 bits per heavy atom. The second-order valence-corrected chi connectivity index (χ2v) is 11.3. The molecular weight excluding hydrogens is 492 g/mol. The summed E-state index contributed by atoms with van der Waals surface area (Å²) in [6.45, 7) is 5.03. The van der Waals surface area contributed by atoms with E-state index in [0.717, 1.165) is 11.8 Å². The molecule has 2 heterocycles. The molecule has 0 atom stereocenters. The standard InChI is InChI=1S/C28H30N2O6S/c1-20(2)18-21-4-8-23(9-5-21)36-28(32)29-15-12-24(13-16-29)35-25-14-17-30(27(31)19-25)22-6-10-26(11-7-22)37(3,33)34/h4-11,14,17-19,24H,12-13,15-16H2,1-3H3. The van der Waals surface area contributed by atoms with Gasteiger partial charge in [0.1, 0.15) is 17.6 Å². The summed E-state index contributed by atoms with van der Waals surface area (Å²) in [6, 6.07) is 16.6. The zero-order valence-electron chi connectivity index (χ0n) is 21.1. The molecule has 0 saturated carbocycles. The van der Waals surface area contributed by atoms with Crippen molar-refractivity contribution in [2.24, 2.45) is 0 Å². The van der Waals surface area contributed by atoms with Crippen LogP contribution < -0.4 is 15.0 Å². The van der Waals surface area contributed by atoms with Crippen molar-refractivity contribution in [3.8, 4) is 17.2 Å². The van der Waals surface area contributed by atoms with Crippen molar-refractivity contribution < 1.29 is 22.7 Å². The van der Waals surface area contributed by atoms with Gasteiger partial charge in [0, 0.05) is 50.1 Å². The molecule has 1 aromatic heterocycles. The van der Waals surface area contributed by atoms with Gasteiger partial charge in [-0.1, -0.05) is 23.8 Å². The Morgan fingerprint density at radius 2 is 1.59 bits per heavy atom. The SMILES string of the molecule is CC(C)=Cc1ccc(OC(=O)N2CCC(Oc3ccn(-c4ccc(S(C)(=O)=O)cc4)c(=O)c3)CC2)cc1. The summed E-state index contributed by atoms with van der Waals surface area (Å²) in [7, 11) is -3.31. The van der Waals surface area contributed by atoms with Crippen molar-refractivity contribution in [3.05, 3.63) is 88.4 Å². The minimum Gasteiger partial charge on any atom is -0.490 e. The molecule has 37 heavy (non-hydrogen) atoms. The van der Waals surface area contributed by atoms with E-state index in [1.807, 2.05) is 26.0 Å². The Morgan fingerprint density at radius 3 is 2.16 bits per heavy atom. The number of aromatic nitrogens is 1. The average molecular weight is 523 g/mol. The molecule has 4 rings (SSSR count). The fraction of sp³-hybridized carbons (Fsp3) is 0.286. The number of carbonyl (C=O) groups excluding carboxylic acids is 1. The quantitative estimate of drug-likeness (QED) is 0.466. The summed E-state index contributed by atoms with van der Waals surface area (Å²) >= 11 is 0. The van der Waals surface area contributed by atoms with Crippen molar-refractivity contribution in [1.82, 2.24) is 9.47 Å². The fourth-order valence-electron chi connectivity index (χ4n) is 4.08. The summed E-state index contributed by atoms with van der Waals surface area (Å²) in [5.41, 5.74) is 2.51. The highest BCUT2D eigenvalue weighted by atomic mass is 32.2. The molecule has 194 valence electrons. The number of benzene rings is 2. The highest BCUT2D eigenvalue weighted by Crippen LogP contribution is 2.21. The summed E-state index contributed by atoms with van der Waals surface area (Å²) in [5.74, 6) is 0.951. The molecule has 1 amide bonds. The van der Waals surface area contributed by atoms with Crippen LogP contribution in [0.4, 0.5) is 4.79 Å². The van der Waals surface area contributed by atoms with Crippen molar-refractivity contribution in [2.45, 2.75) is 37.7 Å². The van der Waals surface area contributed by atoms with Crippen molar-refractivity contribution in [2.75, 3.05) is 19.3 Å². The van der Waals surface area contributed by atoms with Crippen LogP contribution in [0.5, 0.6) is 11.5 Å². The second kappa shape index (κ2) is 11.0. The van der Waals surface area contributed by atoms with Gasteiger partial charge in [0.15, 0.2) is 9.84 Å². The van der Waals surface area contributed by atoms with Crippen LogP contribution in [0.25, 0.3) is 11.8 Å². The van der Waals surface area contributed by atoms with Crippen LogP contribution in [0.3, 0.4) is 0 Å². The van der Waals surface area contributed by atoms with Gasteiger partial charge in [0.2, 0.25) is 0 Å². The molecule has 1 saturated heterocycles. The number of rotatable bonds is 6. The number of likely N-dealkylation sites (tertiary alicyclic amines) is 1. The first-order valence-electron chi connectivity index (χ1n) is 12.0. The molecular formula is C28H30N2O6S. The van der Waals surface area contributed by atoms with Gasteiger partial charge in [-0.25, -0.2) is 13.2 Å². The molecule has 3 aromatic rings. The largest absolute Gasteiger partial charge is 0.490 e. The van der Waals surface area contributed by atoms with Gasteiger partial charge in [-0.15, -0.1) is 0 Å². The molecule has 0 radical (unpaired) electrons. The Kier molecular flexibility index (Phi) is 7.83. The smallest absolute Gasteiger partial charge is 0.415 e. The molecule has 0 bridgehead atoms. The van der Waals surface area contributed by atoms with Crippen LogP contribution in [0.2, 0.25) is 0 Å². The van der Waals surface area contributed by atoms with Gasteiger partial charge in [0.25, 0.3) is 5.56 Å². The van der Waals surface area contributed by atoms with Crippen LogP contribution >= 0.6 is 0 Å². The topological polar surface area (TPSA) is 94.9 Å². The third kappa shape index (κ3) is 6.89. The summed E-state index contributed by atoms with van der Waals surface area (Å²) in [6.07, 6.45) is 5.50. The highest BCUT2D eigenvalue weighted by molar-refractivity contribution is 7.90. The number of pyridine rings is 1. The molecule has 0 spiro atoms. The number of nitrogens with zero attached hydrogens (tertiary/aromatic N) is 2. The fourth-order valence-corrected chi connectivity index (χ4v) is 4.71. The first-order valence-corrected chi connectivity index (χ1v) is 13.9. The minimum atomic E-state index is -3.31. The molecule has 1 fully saturated rings. The average Bonchev–Trinajstić information content (AvgIpc) is 2.85. The van der Waals surface area contributed by atoms with E-state index in [0.29, 0.717) is 43.1 Å². The Labute approximate surface area is 216 Å². The molecule has 0 unspecified atom stereocenters. The summed E-state index contributed by atoms with van der Waals surface area (Å²) in [4.78, 5) is 27.1. The molecule has 1 aliphatic heterocycles. The van der Waals surface area contributed by atoms with E-state index >= 15 is 0 Å². The first kappa shape index (κ1) is 26.2. The number of piperidine rings is 1. The summed E-state index contributed by atoms with van der Waals surface area (Å²) in [5, 5.41) is 0. The molecule has 0 N–H and O–H groups in total. The molecule has 1 aliphatic rings. The van der Waals surface area contributed by atoms with E-state index in [1.54, 1.807) is 41.4 Å². The lowest BCUT2D eigenvalue weighted by Crippen LogP contribution is -2.43. The van der Waals surface area contributed by atoms with Crippen molar-refractivity contribution >= 4 is 22.0 Å². The lowest BCUT2D eigenvalue weighted by molar-refractivity contribution is 0.0929. The molecule has 2 aromatic carbocycles. The van der Waals surface area contributed by atoms with E-state index in [2.05, 4.69) is 6.08 Å². The van der Waals surface area contributed by atoms with Crippen LogP contribution in [0, 0.1) is 0 Å². The monoisotopic (exact) mass is 522 g/mol. The van der Waals surface area contributed by atoms with E-state index in [-0.39, 0.29) is 16.6 Å². The molecule has 9 heteroatoms. The number of amides is 1. The lowest BCUT2D eigenvalue weighted by atomic mass is 10.1. The van der Waals surface area contributed by atoms with Crippen molar-refractivity contribution in [1.29, 1.82) is 0 Å². The maximum Gasteiger partial charge on any atom is 0.415 e. The number of sulfone groups is 1. The second-order valence-electron chi connectivity index (χ2n) is 9.30. The van der Waals surface area contributed by atoms with Gasteiger partial charge in [-0.05, 0) is 61.9 Å². The normalized spacial score (nSPS) is 14.2. The van der Waals surface area contributed by atoms with Gasteiger partial charge in [-0.3, -0.25) is 9.36 Å². The zero-order chi connectivity index (χ0) is 26.6. The van der Waals surface area contributed by atoms with Gasteiger partial charge in [-0.2, -0.15) is 0 Å². The highest BCUT2D eigenvalue weighted by Gasteiger charge is 2.25. The van der Waals surface area contributed by atoms with Crippen LogP contribution in [0.1, 0.15) is 32.3 Å². The van der Waals surface area contributed by atoms with Crippen LogP contribution in [0.15, 0.2) is 82.1 Å². The third-order valence-corrected chi connectivity index (χ3v) is 7.11. The summed E-state index contributed by atoms with van der Waals surface area (Å²) < 4.78 is 36.2. The minimum absolute atomic E-state index is 0.128. The van der Waals surface area contributed by atoms with E-state index in [9.17, 15) is 18.0 Å². The molecule has 0 aliphatic carbocycles. The Balaban J connectivity index is 1.31. The number of hydrogen-bond acceptors (Lipinski definition) is 6. The van der Waals surface area contributed by atoms with E-state index < -0.39 is 15.9 Å². The van der Waals surface area contributed by atoms with Crippen LogP contribution in [-0.2, 0) is 9.84 Å². The van der Waals surface area contributed by atoms with Crippen LogP contribution in [-0.4, -0.2) is 49.4 Å². The predicted molar refractivity (Wildman–Crippen MR) is 142 cm³/mol. The van der Waals surface area contributed by atoms with Gasteiger partial charge < -0.3 is 14.4 Å². The van der Waals surface area contributed by atoms with Crippen molar-refractivity contribution in [3.63, 3.8) is 0 Å². The van der Waals surface area contributed by atoms with Gasteiger partial charge >= 0.3 is 6.09 Å².